The van der Waals surface area contributed by atoms with Crippen molar-refractivity contribution in [2.45, 2.75) is 0 Å². The fraction of sp³-hybridized carbons (Fsp3) is 0. The average molecular weight is 454 g/mol. The van der Waals surface area contributed by atoms with Gasteiger partial charge in [0.2, 0.25) is 5.88 Å². The van der Waals surface area contributed by atoms with Crippen molar-refractivity contribution >= 4 is 47.4 Å². The van der Waals surface area contributed by atoms with Gasteiger partial charge in [-0.1, -0.05) is 23.8 Å². The summed E-state index contributed by atoms with van der Waals surface area (Å²) in [6.07, 6.45) is 4.30. The summed E-state index contributed by atoms with van der Waals surface area (Å²) in [4.78, 5) is 38.3. The van der Waals surface area contributed by atoms with E-state index >= 15 is 0 Å². The van der Waals surface area contributed by atoms with Crippen molar-refractivity contribution in [1.82, 2.24) is 9.55 Å². The number of carbonyl (C=O) groups is 1. The lowest BCUT2D eigenvalue weighted by Gasteiger charge is -2.14. The molecule has 1 aromatic heterocycles. The van der Waals surface area contributed by atoms with Crippen LogP contribution < -0.4 is 5.56 Å². The molecule has 3 aromatic rings. The van der Waals surface area contributed by atoms with Crippen LogP contribution in [0.5, 0.6) is 5.88 Å². The lowest BCUT2D eigenvalue weighted by Crippen LogP contribution is -2.17. The number of fused-ring (bicyclic) bond motifs is 1. The monoisotopic (exact) mass is 453 g/mol. The summed E-state index contributed by atoms with van der Waals surface area (Å²) in [5.41, 5.74) is 0.0744. The highest BCUT2D eigenvalue weighted by Gasteiger charge is 2.22. The molecular weight excluding hydrogens is 442 g/mol. The second-order valence-corrected chi connectivity index (χ2v) is 7.42. The normalized spacial score (nSPS) is 14.0. The average Bonchev–Trinajstić information content (AvgIpc) is 2.73. The van der Waals surface area contributed by atoms with Crippen molar-refractivity contribution in [1.29, 1.82) is 0 Å². The molecule has 31 heavy (non-hydrogen) atoms. The number of carbonyl (C=O) groups excluding carboxylic acids is 1. The third-order valence-corrected chi connectivity index (χ3v) is 5.24. The minimum Gasteiger partial charge on any atom is -0.494 e. The lowest BCUT2D eigenvalue weighted by atomic mass is 9.91. The summed E-state index contributed by atoms with van der Waals surface area (Å²) in [6, 6.07) is 10.4. The van der Waals surface area contributed by atoms with Crippen molar-refractivity contribution < 1.29 is 14.8 Å². The minimum absolute atomic E-state index is 0.0431. The van der Waals surface area contributed by atoms with Gasteiger partial charge in [0.05, 0.1) is 10.6 Å². The molecule has 0 unspecified atom stereocenters. The van der Waals surface area contributed by atoms with E-state index in [0.29, 0.717) is 16.3 Å². The summed E-state index contributed by atoms with van der Waals surface area (Å²) in [5, 5.41) is 22.3. The second kappa shape index (κ2) is 7.78. The van der Waals surface area contributed by atoms with Gasteiger partial charge in [0.1, 0.15) is 5.56 Å². The van der Waals surface area contributed by atoms with Gasteiger partial charge in [-0.2, -0.15) is 0 Å². The summed E-state index contributed by atoms with van der Waals surface area (Å²) < 4.78 is 1.19. The number of allylic oxidation sites excluding steroid dienone is 2. The van der Waals surface area contributed by atoms with Gasteiger partial charge in [-0.15, -0.1) is 0 Å². The zero-order chi connectivity index (χ0) is 22.3. The SMILES string of the molecule is O=C1C(=Cc2c(O)n(-c3ccc(Cl)cc3)c(=S)[nH]c2=O)C=Cc2ccc([N+](=O)[O-])cc21. The van der Waals surface area contributed by atoms with Crippen LogP contribution in [-0.4, -0.2) is 25.4 Å². The van der Waals surface area contributed by atoms with Crippen molar-refractivity contribution in [2.24, 2.45) is 0 Å². The number of Topliss-reactive ketones (excluding diaryl/α,β-unsaturated/α-hetero) is 1. The van der Waals surface area contributed by atoms with Gasteiger partial charge >= 0.3 is 0 Å². The predicted molar refractivity (Wildman–Crippen MR) is 118 cm³/mol. The van der Waals surface area contributed by atoms with Gasteiger partial charge in [0, 0.05) is 28.3 Å². The number of benzene rings is 2. The van der Waals surface area contributed by atoms with E-state index < -0.39 is 22.1 Å². The molecule has 0 saturated carbocycles. The summed E-state index contributed by atoms with van der Waals surface area (Å²) in [5.74, 6) is -0.977. The number of nitrogens with zero attached hydrogens (tertiary/aromatic N) is 2. The number of halogens is 1. The third kappa shape index (κ3) is 3.72. The Morgan fingerprint density at radius 3 is 2.52 bits per heavy atom. The molecule has 0 amide bonds. The van der Waals surface area contributed by atoms with E-state index in [-0.39, 0.29) is 27.2 Å². The van der Waals surface area contributed by atoms with Crippen LogP contribution in [0.3, 0.4) is 0 Å². The Morgan fingerprint density at radius 2 is 1.84 bits per heavy atom. The van der Waals surface area contributed by atoms with Crippen LogP contribution in [0.2, 0.25) is 5.02 Å². The number of rotatable bonds is 3. The standard InChI is InChI=1S/C21H12ClN3O5S/c22-13-4-7-14(8-5-13)24-20(28)17(19(27)23-21(24)31)9-12-2-1-11-3-6-15(25(29)30)10-16(11)18(12)26/h1-10,28H,(H,23,27,31). The summed E-state index contributed by atoms with van der Waals surface area (Å²) >= 11 is 11.1. The Hall–Kier alpha value is -3.82. The molecule has 0 fully saturated rings. The Morgan fingerprint density at radius 1 is 1.13 bits per heavy atom. The Bertz CT molecular complexity index is 1430. The molecule has 0 aliphatic heterocycles. The molecule has 0 spiro atoms. The van der Waals surface area contributed by atoms with Crippen LogP contribution in [0.4, 0.5) is 5.69 Å². The first-order valence-electron chi connectivity index (χ1n) is 8.83. The van der Waals surface area contributed by atoms with E-state index in [9.17, 15) is 24.8 Å². The van der Waals surface area contributed by atoms with E-state index in [1.807, 2.05) is 0 Å². The van der Waals surface area contributed by atoms with Gasteiger partial charge in [0.15, 0.2) is 10.6 Å². The van der Waals surface area contributed by atoms with Gasteiger partial charge in [-0.3, -0.25) is 29.3 Å². The molecular formula is C21H12ClN3O5S. The van der Waals surface area contributed by atoms with Gasteiger partial charge in [-0.25, -0.2) is 0 Å². The highest BCUT2D eigenvalue weighted by molar-refractivity contribution is 7.71. The fourth-order valence-electron chi connectivity index (χ4n) is 3.18. The van der Waals surface area contributed by atoms with Crippen molar-refractivity contribution in [3.63, 3.8) is 0 Å². The number of nitro benzene ring substituents is 1. The number of aromatic hydroxyl groups is 1. The Kier molecular flexibility index (Phi) is 5.14. The van der Waals surface area contributed by atoms with E-state index in [4.69, 9.17) is 23.8 Å². The van der Waals surface area contributed by atoms with Gasteiger partial charge in [-0.05, 0) is 54.2 Å². The van der Waals surface area contributed by atoms with Gasteiger partial charge < -0.3 is 5.11 Å². The molecule has 1 aliphatic carbocycles. The molecule has 2 N–H and O–H groups in total. The number of nitrogens with one attached hydrogen (secondary N) is 1. The highest BCUT2D eigenvalue weighted by atomic mass is 35.5. The molecule has 4 rings (SSSR count). The second-order valence-electron chi connectivity index (χ2n) is 6.60. The molecule has 1 heterocycles. The predicted octanol–water partition coefficient (Wildman–Crippen LogP) is 4.46. The van der Waals surface area contributed by atoms with Crippen molar-refractivity contribution in [3.05, 3.63) is 101 Å². The number of H-pyrrole nitrogens is 1. The first-order valence-corrected chi connectivity index (χ1v) is 9.62. The molecule has 0 radical (unpaired) electrons. The molecule has 154 valence electrons. The van der Waals surface area contributed by atoms with Crippen molar-refractivity contribution in [2.75, 3.05) is 0 Å². The number of aromatic amines is 1. The minimum atomic E-state index is -0.689. The topological polar surface area (TPSA) is 118 Å². The van der Waals surface area contributed by atoms with Crippen LogP contribution in [0, 0.1) is 14.9 Å². The van der Waals surface area contributed by atoms with E-state index in [1.165, 1.54) is 34.9 Å². The zero-order valence-electron chi connectivity index (χ0n) is 15.5. The summed E-state index contributed by atoms with van der Waals surface area (Å²) in [7, 11) is 0. The quantitative estimate of drug-likeness (QED) is 0.261. The molecule has 0 bridgehead atoms. The molecule has 10 heteroatoms. The Labute approximate surface area is 184 Å². The van der Waals surface area contributed by atoms with Crippen LogP contribution >= 0.6 is 23.8 Å². The van der Waals surface area contributed by atoms with Crippen LogP contribution in [0.25, 0.3) is 17.8 Å². The Balaban J connectivity index is 1.85. The molecule has 8 nitrogen and oxygen atoms in total. The number of hydrogen-bond acceptors (Lipinski definition) is 6. The lowest BCUT2D eigenvalue weighted by molar-refractivity contribution is -0.384. The number of nitro groups is 1. The summed E-state index contributed by atoms with van der Waals surface area (Å²) in [6.45, 7) is 0. The first kappa shape index (κ1) is 20.5. The molecule has 0 saturated heterocycles. The largest absolute Gasteiger partial charge is 0.494 e. The van der Waals surface area contributed by atoms with Crippen LogP contribution in [-0.2, 0) is 0 Å². The maximum atomic E-state index is 12.9. The van der Waals surface area contributed by atoms with Gasteiger partial charge in [0.25, 0.3) is 11.2 Å². The number of aromatic nitrogens is 2. The number of non-ortho nitro benzene ring substituents is 1. The maximum absolute atomic E-state index is 12.9. The molecule has 2 aromatic carbocycles. The van der Waals surface area contributed by atoms with E-state index in [0.717, 1.165) is 0 Å². The smallest absolute Gasteiger partial charge is 0.270 e. The third-order valence-electron chi connectivity index (χ3n) is 4.70. The van der Waals surface area contributed by atoms with Crippen LogP contribution in [0.1, 0.15) is 21.5 Å². The molecule has 1 aliphatic rings. The van der Waals surface area contributed by atoms with E-state index in [2.05, 4.69) is 4.98 Å². The van der Waals surface area contributed by atoms with E-state index in [1.54, 1.807) is 30.3 Å². The molecule has 0 atom stereocenters. The van der Waals surface area contributed by atoms with Crippen molar-refractivity contribution in [3.8, 4) is 11.6 Å². The number of ketones is 1. The zero-order valence-corrected chi connectivity index (χ0v) is 17.1. The van der Waals surface area contributed by atoms with Crippen LogP contribution in [0.15, 0.2) is 58.9 Å². The first-order chi connectivity index (χ1) is 14.8. The fourth-order valence-corrected chi connectivity index (χ4v) is 3.59. The highest BCUT2D eigenvalue weighted by Crippen LogP contribution is 2.29. The maximum Gasteiger partial charge on any atom is 0.270 e. The number of hydrogen-bond donors (Lipinski definition) is 2.